The number of hydrogen-bond acceptors (Lipinski definition) is 2. The molecule has 1 aliphatic carbocycles. The third-order valence-corrected chi connectivity index (χ3v) is 2.69. The van der Waals surface area contributed by atoms with Gasteiger partial charge in [-0.05, 0) is 25.7 Å². The third-order valence-electron chi connectivity index (χ3n) is 2.69. The summed E-state index contributed by atoms with van der Waals surface area (Å²) in [5, 5.41) is 9.39. The van der Waals surface area contributed by atoms with Gasteiger partial charge in [0.15, 0.2) is 0 Å². The fourth-order valence-electron chi connectivity index (χ4n) is 1.80. The van der Waals surface area contributed by atoms with Crippen molar-refractivity contribution in [2.75, 3.05) is 0 Å². The molecule has 1 rings (SSSR count). The molecule has 13 heavy (non-hydrogen) atoms. The van der Waals surface area contributed by atoms with E-state index >= 15 is 0 Å². The van der Waals surface area contributed by atoms with Crippen molar-refractivity contribution in [1.29, 1.82) is 0 Å². The van der Waals surface area contributed by atoms with Gasteiger partial charge in [0.1, 0.15) is 0 Å². The molecule has 1 saturated carbocycles. The van der Waals surface area contributed by atoms with Gasteiger partial charge in [-0.1, -0.05) is 0 Å². The summed E-state index contributed by atoms with van der Waals surface area (Å²) in [6.45, 7) is 1.69. The van der Waals surface area contributed by atoms with E-state index in [0.717, 1.165) is 0 Å². The van der Waals surface area contributed by atoms with Gasteiger partial charge in [0, 0.05) is 18.9 Å². The van der Waals surface area contributed by atoms with Gasteiger partial charge in [-0.2, -0.15) is 0 Å². The van der Waals surface area contributed by atoms with Crippen molar-refractivity contribution in [3.8, 4) is 0 Å². The second kappa shape index (κ2) is 3.88. The van der Waals surface area contributed by atoms with Crippen LogP contribution in [0.2, 0.25) is 0 Å². The summed E-state index contributed by atoms with van der Waals surface area (Å²) in [5.41, 5.74) is 5.44. The minimum absolute atomic E-state index is 0.0384. The van der Waals surface area contributed by atoms with E-state index in [1.807, 2.05) is 0 Å². The number of nitrogens with two attached hydrogens (primary N) is 1. The molecule has 1 fully saturated rings. The van der Waals surface area contributed by atoms with Crippen molar-refractivity contribution in [1.82, 2.24) is 0 Å². The molecule has 2 nitrogen and oxygen atoms in total. The van der Waals surface area contributed by atoms with Crippen molar-refractivity contribution in [2.24, 2.45) is 11.7 Å². The summed E-state index contributed by atoms with van der Waals surface area (Å²) < 4.78 is 25.5. The maximum Gasteiger partial charge on any atom is 0.248 e. The second-order valence-corrected chi connectivity index (χ2v) is 4.13. The number of aliphatic hydroxyl groups excluding tert-OH is 1. The van der Waals surface area contributed by atoms with E-state index < -0.39 is 12.0 Å². The molecular formula is C9H17F2NO. The molecule has 0 aromatic rings. The van der Waals surface area contributed by atoms with Crippen LogP contribution >= 0.6 is 0 Å². The van der Waals surface area contributed by atoms with E-state index in [0.29, 0.717) is 12.8 Å². The van der Waals surface area contributed by atoms with E-state index in [4.69, 9.17) is 5.73 Å². The van der Waals surface area contributed by atoms with Gasteiger partial charge in [-0.3, -0.25) is 0 Å². The molecule has 0 heterocycles. The zero-order valence-electron chi connectivity index (χ0n) is 7.84. The fourth-order valence-corrected chi connectivity index (χ4v) is 1.80. The highest BCUT2D eigenvalue weighted by molar-refractivity contribution is 4.84. The van der Waals surface area contributed by atoms with E-state index in [2.05, 4.69) is 0 Å². The molecule has 78 valence electrons. The number of alkyl halides is 2. The van der Waals surface area contributed by atoms with Crippen molar-refractivity contribution in [3.05, 3.63) is 0 Å². The van der Waals surface area contributed by atoms with Gasteiger partial charge in [0.2, 0.25) is 5.92 Å². The predicted octanol–water partition coefficient (Wildman–Crippen LogP) is 1.52. The minimum Gasteiger partial charge on any atom is -0.392 e. The maximum absolute atomic E-state index is 12.7. The van der Waals surface area contributed by atoms with Gasteiger partial charge in [-0.15, -0.1) is 0 Å². The maximum atomic E-state index is 12.7. The normalized spacial score (nSPS) is 31.6. The van der Waals surface area contributed by atoms with Crippen LogP contribution in [0.3, 0.4) is 0 Å². The first-order valence-corrected chi connectivity index (χ1v) is 4.72. The van der Waals surface area contributed by atoms with Crippen molar-refractivity contribution in [2.45, 2.75) is 50.7 Å². The van der Waals surface area contributed by atoms with Gasteiger partial charge >= 0.3 is 0 Å². The van der Waals surface area contributed by atoms with Crippen LogP contribution in [-0.4, -0.2) is 23.2 Å². The summed E-state index contributed by atoms with van der Waals surface area (Å²) in [6.07, 6.45) is 0.156. The molecule has 4 heteroatoms. The Morgan fingerprint density at radius 3 is 2.62 bits per heavy atom. The van der Waals surface area contributed by atoms with Crippen LogP contribution in [0.4, 0.5) is 8.78 Å². The number of hydrogen-bond donors (Lipinski definition) is 2. The number of halogens is 2. The van der Waals surface area contributed by atoms with E-state index in [9.17, 15) is 13.9 Å². The lowest BCUT2D eigenvalue weighted by Gasteiger charge is -2.18. The zero-order valence-corrected chi connectivity index (χ0v) is 7.84. The highest BCUT2D eigenvalue weighted by Crippen LogP contribution is 2.40. The summed E-state index contributed by atoms with van der Waals surface area (Å²) in [6, 6.07) is -0.325. The lowest BCUT2D eigenvalue weighted by atomic mass is 9.97. The lowest BCUT2D eigenvalue weighted by Crippen LogP contribution is -2.32. The van der Waals surface area contributed by atoms with E-state index in [1.165, 1.54) is 0 Å². The van der Waals surface area contributed by atoms with Crippen LogP contribution in [0, 0.1) is 5.92 Å². The Hall–Kier alpha value is -0.220. The minimum atomic E-state index is -2.51. The molecule has 3 unspecified atom stereocenters. The molecule has 3 atom stereocenters. The Morgan fingerprint density at radius 1 is 1.62 bits per heavy atom. The average molecular weight is 193 g/mol. The molecule has 0 bridgehead atoms. The lowest BCUT2D eigenvalue weighted by molar-refractivity contribution is 0.00213. The molecule has 3 N–H and O–H groups in total. The van der Waals surface area contributed by atoms with Crippen LogP contribution in [0.15, 0.2) is 0 Å². The monoisotopic (exact) mass is 193 g/mol. The summed E-state index contributed by atoms with van der Waals surface area (Å²) >= 11 is 0. The molecule has 0 aliphatic heterocycles. The summed E-state index contributed by atoms with van der Waals surface area (Å²) in [5.74, 6) is -2.57. The molecule has 0 aromatic carbocycles. The second-order valence-electron chi connectivity index (χ2n) is 4.13. The smallest absolute Gasteiger partial charge is 0.248 e. The SMILES string of the molecule is CC(N)C(O)CC1CCC(F)(F)C1. The average Bonchev–Trinajstić information content (AvgIpc) is 2.30. The number of aliphatic hydroxyl groups is 1. The van der Waals surface area contributed by atoms with E-state index in [-0.39, 0.29) is 24.8 Å². The molecule has 0 saturated heterocycles. The Balaban J connectivity index is 2.32. The van der Waals surface area contributed by atoms with Crippen LogP contribution in [-0.2, 0) is 0 Å². The molecule has 0 spiro atoms. The van der Waals surface area contributed by atoms with Gasteiger partial charge in [0.05, 0.1) is 6.10 Å². The van der Waals surface area contributed by atoms with Crippen LogP contribution in [0.1, 0.15) is 32.6 Å². The molecule has 1 aliphatic rings. The van der Waals surface area contributed by atoms with Crippen LogP contribution < -0.4 is 5.73 Å². The highest BCUT2D eigenvalue weighted by Gasteiger charge is 2.39. The Kier molecular flexibility index (Phi) is 3.24. The first-order chi connectivity index (χ1) is 5.91. The Labute approximate surface area is 77.1 Å². The number of rotatable bonds is 3. The summed E-state index contributed by atoms with van der Waals surface area (Å²) in [7, 11) is 0. The Morgan fingerprint density at radius 2 is 2.23 bits per heavy atom. The Bertz CT molecular complexity index is 173. The van der Waals surface area contributed by atoms with Crippen LogP contribution in [0.5, 0.6) is 0 Å². The first kappa shape index (κ1) is 10.9. The topological polar surface area (TPSA) is 46.2 Å². The van der Waals surface area contributed by atoms with Gasteiger partial charge in [0.25, 0.3) is 0 Å². The standard InChI is InChI=1S/C9H17F2NO/c1-6(12)8(13)4-7-2-3-9(10,11)5-7/h6-8,13H,2-5,12H2,1H3. The molecule has 0 amide bonds. The molecule has 0 aromatic heterocycles. The largest absolute Gasteiger partial charge is 0.392 e. The zero-order chi connectivity index (χ0) is 10.1. The fraction of sp³-hybridized carbons (Fsp3) is 1.00. The van der Waals surface area contributed by atoms with Crippen molar-refractivity contribution >= 4 is 0 Å². The molecule has 0 radical (unpaired) electrons. The van der Waals surface area contributed by atoms with Gasteiger partial charge < -0.3 is 10.8 Å². The highest BCUT2D eigenvalue weighted by atomic mass is 19.3. The van der Waals surface area contributed by atoms with E-state index in [1.54, 1.807) is 6.92 Å². The summed E-state index contributed by atoms with van der Waals surface area (Å²) in [4.78, 5) is 0. The van der Waals surface area contributed by atoms with Crippen LogP contribution in [0.25, 0.3) is 0 Å². The van der Waals surface area contributed by atoms with Crippen molar-refractivity contribution in [3.63, 3.8) is 0 Å². The first-order valence-electron chi connectivity index (χ1n) is 4.72. The third kappa shape index (κ3) is 3.19. The predicted molar refractivity (Wildman–Crippen MR) is 46.6 cm³/mol. The van der Waals surface area contributed by atoms with Gasteiger partial charge in [-0.25, -0.2) is 8.78 Å². The van der Waals surface area contributed by atoms with Crippen molar-refractivity contribution < 1.29 is 13.9 Å². The molecular weight excluding hydrogens is 176 g/mol. The quantitative estimate of drug-likeness (QED) is 0.713.